The standard InChI is InChI=1S/C9H13ClN2S/c1-6-7(2)13-8(11-6)12-9(5-10)3-4-9/h3-5H2,1-2H3,(H,11,12). The number of thiazole rings is 1. The van der Waals surface area contributed by atoms with Crippen LogP contribution in [0, 0.1) is 13.8 Å². The highest BCUT2D eigenvalue weighted by molar-refractivity contribution is 7.15. The van der Waals surface area contributed by atoms with E-state index in [0.717, 1.165) is 10.8 Å². The lowest BCUT2D eigenvalue weighted by Crippen LogP contribution is -2.22. The largest absolute Gasteiger partial charge is 0.355 e. The summed E-state index contributed by atoms with van der Waals surface area (Å²) in [6, 6.07) is 0. The van der Waals surface area contributed by atoms with E-state index >= 15 is 0 Å². The number of aryl methyl sites for hydroxylation is 2. The van der Waals surface area contributed by atoms with Gasteiger partial charge in [0.05, 0.1) is 11.2 Å². The first kappa shape index (κ1) is 9.28. The van der Waals surface area contributed by atoms with Crippen molar-refractivity contribution in [1.82, 2.24) is 4.98 Å². The van der Waals surface area contributed by atoms with Gasteiger partial charge in [-0.15, -0.1) is 22.9 Å². The van der Waals surface area contributed by atoms with Gasteiger partial charge in [-0.3, -0.25) is 0 Å². The minimum absolute atomic E-state index is 0.165. The fraction of sp³-hybridized carbons (Fsp3) is 0.667. The molecule has 1 aromatic rings. The van der Waals surface area contributed by atoms with Crippen molar-refractivity contribution in [2.75, 3.05) is 11.2 Å². The highest BCUT2D eigenvalue weighted by Crippen LogP contribution is 2.40. The van der Waals surface area contributed by atoms with Gasteiger partial charge in [0.1, 0.15) is 0 Å². The zero-order valence-electron chi connectivity index (χ0n) is 7.85. The van der Waals surface area contributed by atoms with Crippen molar-refractivity contribution in [1.29, 1.82) is 0 Å². The van der Waals surface area contributed by atoms with Gasteiger partial charge in [-0.25, -0.2) is 4.98 Å². The van der Waals surface area contributed by atoms with Crippen LogP contribution >= 0.6 is 22.9 Å². The molecule has 0 aromatic carbocycles. The van der Waals surface area contributed by atoms with Gasteiger partial charge < -0.3 is 5.32 Å². The zero-order chi connectivity index (χ0) is 9.47. The molecule has 72 valence electrons. The molecule has 0 saturated heterocycles. The van der Waals surface area contributed by atoms with Crippen molar-refractivity contribution < 1.29 is 0 Å². The van der Waals surface area contributed by atoms with Crippen LogP contribution in [0.15, 0.2) is 0 Å². The molecule has 1 aliphatic carbocycles. The molecule has 2 rings (SSSR count). The second kappa shape index (κ2) is 3.14. The van der Waals surface area contributed by atoms with E-state index in [4.69, 9.17) is 11.6 Å². The molecule has 1 aromatic heterocycles. The molecule has 0 radical (unpaired) electrons. The second-order valence-electron chi connectivity index (χ2n) is 3.70. The van der Waals surface area contributed by atoms with Crippen LogP contribution in [-0.4, -0.2) is 16.4 Å². The minimum Gasteiger partial charge on any atom is -0.355 e. The van der Waals surface area contributed by atoms with E-state index in [2.05, 4.69) is 17.2 Å². The summed E-state index contributed by atoms with van der Waals surface area (Å²) in [6.07, 6.45) is 2.35. The molecule has 1 aliphatic rings. The van der Waals surface area contributed by atoms with E-state index < -0.39 is 0 Å². The van der Waals surface area contributed by atoms with E-state index in [1.54, 1.807) is 11.3 Å². The number of halogens is 1. The molecule has 13 heavy (non-hydrogen) atoms. The molecule has 4 heteroatoms. The van der Waals surface area contributed by atoms with Crippen LogP contribution in [0.3, 0.4) is 0 Å². The summed E-state index contributed by atoms with van der Waals surface area (Å²) < 4.78 is 0. The highest BCUT2D eigenvalue weighted by atomic mass is 35.5. The topological polar surface area (TPSA) is 24.9 Å². The minimum atomic E-state index is 0.165. The quantitative estimate of drug-likeness (QED) is 0.786. The Hall–Kier alpha value is -0.280. The lowest BCUT2D eigenvalue weighted by Gasteiger charge is -2.11. The van der Waals surface area contributed by atoms with Crippen LogP contribution in [0.1, 0.15) is 23.4 Å². The Labute approximate surface area is 87.3 Å². The van der Waals surface area contributed by atoms with Gasteiger partial charge in [0, 0.05) is 10.8 Å². The Morgan fingerprint density at radius 3 is 2.62 bits per heavy atom. The van der Waals surface area contributed by atoms with Gasteiger partial charge in [-0.2, -0.15) is 0 Å². The first-order valence-electron chi connectivity index (χ1n) is 4.43. The number of nitrogens with zero attached hydrogens (tertiary/aromatic N) is 1. The summed E-state index contributed by atoms with van der Waals surface area (Å²) in [6.45, 7) is 4.13. The predicted octanol–water partition coefficient (Wildman–Crippen LogP) is 2.94. The van der Waals surface area contributed by atoms with Crippen molar-refractivity contribution in [3.05, 3.63) is 10.6 Å². The lowest BCUT2D eigenvalue weighted by molar-refractivity contribution is 0.834. The lowest BCUT2D eigenvalue weighted by atomic mass is 10.3. The predicted molar refractivity (Wildman–Crippen MR) is 57.9 cm³/mol. The van der Waals surface area contributed by atoms with E-state index in [0.29, 0.717) is 5.88 Å². The van der Waals surface area contributed by atoms with Crippen LogP contribution in [0.5, 0.6) is 0 Å². The smallest absolute Gasteiger partial charge is 0.183 e. The fourth-order valence-electron chi connectivity index (χ4n) is 1.20. The van der Waals surface area contributed by atoms with Crippen molar-refractivity contribution in [3.63, 3.8) is 0 Å². The number of nitrogens with one attached hydrogen (secondary N) is 1. The molecule has 0 spiro atoms. The molecule has 0 aliphatic heterocycles. The van der Waals surface area contributed by atoms with Gasteiger partial charge in [-0.1, -0.05) is 0 Å². The third kappa shape index (κ3) is 1.81. The molecular weight excluding hydrogens is 204 g/mol. The van der Waals surface area contributed by atoms with Gasteiger partial charge in [0.2, 0.25) is 0 Å². The Balaban J connectivity index is 2.10. The Bertz CT molecular complexity index is 298. The molecule has 1 N–H and O–H groups in total. The average molecular weight is 217 g/mol. The van der Waals surface area contributed by atoms with E-state index in [-0.39, 0.29) is 5.54 Å². The molecule has 0 amide bonds. The average Bonchev–Trinajstić information content (AvgIpc) is 2.78. The summed E-state index contributed by atoms with van der Waals surface area (Å²) in [5.41, 5.74) is 1.29. The normalized spacial score (nSPS) is 18.7. The van der Waals surface area contributed by atoms with Crippen molar-refractivity contribution >= 4 is 28.1 Å². The van der Waals surface area contributed by atoms with Crippen LogP contribution in [-0.2, 0) is 0 Å². The van der Waals surface area contributed by atoms with Crippen LogP contribution < -0.4 is 5.32 Å². The van der Waals surface area contributed by atoms with Gasteiger partial charge in [0.15, 0.2) is 5.13 Å². The Morgan fingerprint density at radius 1 is 1.54 bits per heavy atom. The second-order valence-corrected chi connectivity index (χ2v) is 5.17. The monoisotopic (exact) mass is 216 g/mol. The number of aromatic nitrogens is 1. The zero-order valence-corrected chi connectivity index (χ0v) is 9.43. The molecule has 0 bridgehead atoms. The fourth-order valence-corrected chi connectivity index (χ4v) is 2.46. The number of anilines is 1. The van der Waals surface area contributed by atoms with Crippen molar-refractivity contribution in [3.8, 4) is 0 Å². The van der Waals surface area contributed by atoms with E-state index in [1.165, 1.54) is 17.7 Å². The number of alkyl halides is 1. The van der Waals surface area contributed by atoms with Crippen LogP contribution in [0.25, 0.3) is 0 Å². The summed E-state index contributed by atoms with van der Waals surface area (Å²) in [5, 5.41) is 4.44. The van der Waals surface area contributed by atoms with Crippen molar-refractivity contribution in [2.24, 2.45) is 0 Å². The van der Waals surface area contributed by atoms with Gasteiger partial charge in [-0.05, 0) is 26.7 Å². The number of hydrogen-bond acceptors (Lipinski definition) is 3. The molecule has 2 nitrogen and oxygen atoms in total. The van der Waals surface area contributed by atoms with Gasteiger partial charge in [0.25, 0.3) is 0 Å². The molecule has 1 heterocycles. The highest BCUT2D eigenvalue weighted by Gasteiger charge is 2.42. The first-order chi connectivity index (χ1) is 6.15. The number of rotatable bonds is 3. The maximum atomic E-state index is 5.87. The maximum absolute atomic E-state index is 5.87. The van der Waals surface area contributed by atoms with E-state index in [1.807, 2.05) is 6.92 Å². The molecule has 0 atom stereocenters. The SMILES string of the molecule is Cc1nc(NC2(CCl)CC2)sc1C. The molecule has 1 saturated carbocycles. The maximum Gasteiger partial charge on any atom is 0.183 e. The number of hydrogen-bond donors (Lipinski definition) is 1. The Morgan fingerprint density at radius 2 is 2.23 bits per heavy atom. The molecule has 1 fully saturated rings. The third-order valence-electron chi connectivity index (χ3n) is 2.51. The van der Waals surface area contributed by atoms with Crippen LogP contribution in [0.2, 0.25) is 0 Å². The third-order valence-corrected chi connectivity index (χ3v) is 4.01. The van der Waals surface area contributed by atoms with Crippen LogP contribution in [0.4, 0.5) is 5.13 Å². The Kier molecular flexibility index (Phi) is 2.24. The molecule has 0 unspecified atom stereocenters. The molecular formula is C9H13ClN2S. The van der Waals surface area contributed by atoms with Crippen molar-refractivity contribution in [2.45, 2.75) is 32.2 Å². The summed E-state index contributed by atoms with van der Waals surface area (Å²) in [5.74, 6) is 0.685. The summed E-state index contributed by atoms with van der Waals surface area (Å²) in [7, 11) is 0. The summed E-state index contributed by atoms with van der Waals surface area (Å²) in [4.78, 5) is 5.72. The first-order valence-corrected chi connectivity index (χ1v) is 5.78. The van der Waals surface area contributed by atoms with E-state index in [9.17, 15) is 0 Å². The van der Waals surface area contributed by atoms with Gasteiger partial charge >= 0.3 is 0 Å². The summed E-state index contributed by atoms with van der Waals surface area (Å²) >= 11 is 7.58.